The van der Waals surface area contributed by atoms with Crippen LogP contribution in [0, 0.1) is 13.8 Å². The van der Waals surface area contributed by atoms with Gasteiger partial charge in [-0.15, -0.1) is 5.10 Å². The zero-order valence-corrected chi connectivity index (χ0v) is 27.9. The maximum absolute atomic E-state index is 13.2. The molecule has 49 heavy (non-hydrogen) atoms. The molecule has 2 N–H and O–H groups in total. The summed E-state index contributed by atoms with van der Waals surface area (Å²) < 4.78 is 27.8. The molecule has 0 spiro atoms. The number of anilines is 1. The lowest BCUT2D eigenvalue weighted by Gasteiger charge is -2.41. The molecular weight excluding hydrogens is 628 g/mol. The summed E-state index contributed by atoms with van der Waals surface area (Å²) in [6, 6.07) is 24.4. The van der Waals surface area contributed by atoms with Gasteiger partial charge in [0.2, 0.25) is 5.95 Å². The summed E-state index contributed by atoms with van der Waals surface area (Å²) in [5.74, 6) is 2.43. The number of fused-ring (bicyclic) bond motifs is 2. The van der Waals surface area contributed by atoms with Crippen molar-refractivity contribution in [1.82, 2.24) is 24.3 Å². The van der Waals surface area contributed by atoms with E-state index in [1.807, 2.05) is 90.7 Å². The smallest absolute Gasteiger partial charge is 0.330 e. The van der Waals surface area contributed by atoms with Gasteiger partial charge in [-0.3, -0.25) is 19.0 Å². The second kappa shape index (κ2) is 12.3. The van der Waals surface area contributed by atoms with Crippen LogP contribution in [0.4, 0.5) is 5.95 Å². The van der Waals surface area contributed by atoms with Crippen LogP contribution in [0.2, 0.25) is 0 Å². The molecule has 2 aromatic heterocycles. The lowest BCUT2D eigenvalue weighted by Crippen LogP contribution is -2.52. The highest BCUT2D eigenvalue weighted by molar-refractivity contribution is 5.50. The van der Waals surface area contributed by atoms with Crippen LogP contribution in [-0.2, 0) is 22.1 Å². The van der Waals surface area contributed by atoms with Gasteiger partial charge in [0.15, 0.2) is 6.23 Å². The molecule has 0 aliphatic carbocycles. The molecule has 13 nitrogen and oxygen atoms in total. The van der Waals surface area contributed by atoms with E-state index in [9.17, 15) is 14.7 Å². The average molecular weight is 667 g/mol. The number of hydrogen-bond acceptors (Lipinski definition) is 10. The maximum atomic E-state index is 13.2. The van der Waals surface area contributed by atoms with E-state index in [1.54, 1.807) is 32.9 Å². The molecule has 2 fully saturated rings. The summed E-state index contributed by atoms with van der Waals surface area (Å²) in [4.78, 5) is 34.3. The zero-order valence-electron chi connectivity index (χ0n) is 27.9. The number of aliphatic hydroxyl groups is 1. The molecule has 4 atom stereocenters. The zero-order chi connectivity index (χ0) is 34.5. The van der Waals surface area contributed by atoms with E-state index >= 15 is 0 Å². The van der Waals surface area contributed by atoms with E-state index < -0.39 is 40.8 Å². The number of aryl methyl sites for hydroxylation is 3. The number of aromatic nitrogens is 5. The molecule has 0 amide bonds. The Morgan fingerprint density at radius 3 is 2.08 bits per heavy atom. The van der Waals surface area contributed by atoms with Crippen molar-refractivity contribution in [2.75, 3.05) is 32.3 Å². The third-order valence-electron chi connectivity index (χ3n) is 9.66. The molecule has 0 unspecified atom stereocenters. The highest BCUT2D eigenvalue weighted by Crippen LogP contribution is 2.50. The van der Waals surface area contributed by atoms with Crippen LogP contribution in [-0.4, -0.2) is 74.5 Å². The Bertz CT molecular complexity index is 2010. The van der Waals surface area contributed by atoms with Gasteiger partial charge in [0.25, 0.3) is 5.56 Å². The van der Waals surface area contributed by atoms with Crippen molar-refractivity contribution in [1.29, 1.82) is 0 Å². The monoisotopic (exact) mass is 666 g/mol. The molecule has 7 rings (SSSR count). The standard InChI is InChI=1S/C36H38N6O7/c1-22-19-41(34(45)38-31(22)44)32-29-30(43)35(49-32,20-42(29)33-37-23(2)40(3)39-33)21-48-36(24-9-7-6-8-10-24,25-11-15-27(46-4)16-12-25)26-13-17-28(47-5)18-14-26/h6-19,29-30,32,43H,20-21H2,1-5H3,(H,38,44,45)/t29-,30+,32-,35-/m1/s1. The van der Waals surface area contributed by atoms with Crippen molar-refractivity contribution >= 4 is 5.95 Å². The quantitative estimate of drug-likeness (QED) is 0.214. The van der Waals surface area contributed by atoms with Gasteiger partial charge in [0.1, 0.15) is 40.7 Å². The molecule has 3 aromatic carbocycles. The minimum atomic E-state index is -1.34. The normalized spacial score (nSPS) is 21.7. The highest BCUT2D eigenvalue weighted by Gasteiger charge is 2.66. The van der Waals surface area contributed by atoms with E-state index in [1.165, 1.54) is 10.8 Å². The number of ether oxygens (including phenoxy) is 4. The molecule has 2 aliphatic heterocycles. The van der Waals surface area contributed by atoms with Gasteiger partial charge in [0, 0.05) is 18.8 Å². The Labute approximate surface area is 282 Å². The van der Waals surface area contributed by atoms with E-state index in [0.29, 0.717) is 28.8 Å². The van der Waals surface area contributed by atoms with Crippen molar-refractivity contribution in [3.8, 4) is 11.5 Å². The molecule has 2 aliphatic rings. The first-order valence-corrected chi connectivity index (χ1v) is 15.9. The molecule has 0 saturated carbocycles. The lowest BCUT2D eigenvalue weighted by molar-refractivity contribution is -0.159. The molecule has 254 valence electrons. The fourth-order valence-electron chi connectivity index (χ4n) is 6.93. The summed E-state index contributed by atoms with van der Waals surface area (Å²) in [7, 11) is 5.02. The molecular formula is C36H38N6O7. The van der Waals surface area contributed by atoms with Gasteiger partial charge in [-0.2, -0.15) is 4.98 Å². The number of H-pyrrole nitrogens is 1. The Hall–Kier alpha value is -5.24. The van der Waals surface area contributed by atoms with Crippen LogP contribution in [0.5, 0.6) is 11.5 Å². The van der Waals surface area contributed by atoms with E-state index in [2.05, 4.69) is 15.1 Å². The number of aromatic amines is 1. The number of benzene rings is 3. The number of morpholine rings is 1. The summed E-state index contributed by atoms with van der Waals surface area (Å²) in [5.41, 5.74) is -0.894. The molecule has 2 saturated heterocycles. The van der Waals surface area contributed by atoms with E-state index in [4.69, 9.17) is 18.9 Å². The van der Waals surface area contributed by atoms with Gasteiger partial charge < -0.3 is 29.0 Å². The number of hydrogen-bond donors (Lipinski definition) is 2. The predicted octanol–water partition coefficient (Wildman–Crippen LogP) is 2.83. The van der Waals surface area contributed by atoms with Crippen molar-refractivity contribution in [3.63, 3.8) is 0 Å². The Morgan fingerprint density at radius 2 is 1.53 bits per heavy atom. The second-order valence-corrected chi connectivity index (χ2v) is 12.5. The molecule has 2 bridgehead atoms. The molecule has 5 aromatic rings. The van der Waals surface area contributed by atoms with Crippen LogP contribution in [0.3, 0.4) is 0 Å². The van der Waals surface area contributed by atoms with Crippen LogP contribution >= 0.6 is 0 Å². The first-order chi connectivity index (χ1) is 23.6. The predicted molar refractivity (Wildman–Crippen MR) is 180 cm³/mol. The van der Waals surface area contributed by atoms with Gasteiger partial charge in [0.05, 0.1) is 27.4 Å². The summed E-state index contributed by atoms with van der Waals surface area (Å²) in [5, 5.41) is 16.7. The maximum Gasteiger partial charge on any atom is 0.330 e. The fourth-order valence-corrected chi connectivity index (χ4v) is 6.93. The SMILES string of the molecule is COc1ccc(C(OC[C@@]23CN(c4nc(C)n(C)n4)[C@@H]([C@H](n4cc(C)c(=O)[nH]c4=O)O2)[C@@H]3O)(c2ccccc2)c2ccc(OC)cc2)cc1. The largest absolute Gasteiger partial charge is 0.497 e. The Balaban J connectivity index is 1.37. The second-order valence-electron chi connectivity index (χ2n) is 12.5. The third-order valence-corrected chi connectivity index (χ3v) is 9.66. The number of methoxy groups -OCH3 is 2. The molecule has 0 radical (unpaired) electrons. The van der Waals surface area contributed by atoms with Crippen LogP contribution < -0.4 is 25.6 Å². The topological polar surface area (TPSA) is 146 Å². The summed E-state index contributed by atoms with van der Waals surface area (Å²) in [6.45, 7) is 3.51. The fraction of sp³-hybridized carbons (Fsp3) is 0.333. The minimum Gasteiger partial charge on any atom is -0.497 e. The third kappa shape index (κ3) is 5.30. The summed E-state index contributed by atoms with van der Waals surface area (Å²) >= 11 is 0. The van der Waals surface area contributed by atoms with Gasteiger partial charge in [-0.25, -0.2) is 4.79 Å². The Kier molecular flexibility index (Phi) is 8.13. The van der Waals surface area contributed by atoms with Crippen molar-refractivity contribution < 1.29 is 24.1 Å². The Morgan fingerprint density at radius 1 is 0.939 bits per heavy atom. The minimum absolute atomic E-state index is 0.104. The van der Waals surface area contributed by atoms with E-state index in [0.717, 1.165) is 16.7 Å². The van der Waals surface area contributed by atoms with Crippen molar-refractivity contribution in [2.45, 2.75) is 43.4 Å². The number of nitrogens with zero attached hydrogens (tertiary/aromatic N) is 5. The van der Waals surface area contributed by atoms with E-state index in [-0.39, 0.29) is 13.2 Å². The first-order valence-electron chi connectivity index (χ1n) is 15.9. The molecule has 13 heteroatoms. The van der Waals surface area contributed by atoms with Crippen LogP contribution in [0.25, 0.3) is 0 Å². The summed E-state index contributed by atoms with van der Waals surface area (Å²) in [6.07, 6.45) is -0.680. The van der Waals surface area contributed by atoms with Gasteiger partial charge in [-0.05, 0) is 54.8 Å². The molecule has 4 heterocycles. The van der Waals surface area contributed by atoms with Gasteiger partial charge >= 0.3 is 5.69 Å². The number of nitrogens with one attached hydrogen (secondary N) is 1. The van der Waals surface area contributed by atoms with Crippen LogP contribution in [0.1, 0.15) is 34.3 Å². The number of rotatable bonds is 10. The lowest BCUT2D eigenvalue weighted by atomic mass is 9.79. The van der Waals surface area contributed by atoms with Crippen LogP contribution in [0.15, 0.2) is 94.6 Å². The van der Waals surface area contributed by atoms with Crippen molar-refractivity contribution in [2.24, 2.45) is 7.05 Å². The number of aliphatic hydroxyl groups excluding tert-OH is 1. The van der Waals surface area contributed by atoms with Gasteiger partial charge in [-0.1, -0.05) is 54.6 Å². The first kappa shape index (κ1) is 32.3. The average Bonchev–Trinajstić information content (AvgIpc) is 3.71. The highest BCUT2D eigenvalue weighted by atomic mass is 16.6. The van der Waals surface area contributed by atoms with Crippen molar-refractivity contribution in [3.05, 3.63) is 134 Å².